The smallest absolute Gasteiger partial charge is 0.224 e. The fourth-order valence-electron chi connectivity index (χ4n) is 1.33. The van der Waals surface area contributed by atoms with E-state index in [2.05, 4.69) is 10.4 Å². The van der Waals surface area contributed by atoms with Crippen molar-refractivity contribution < 1.29 is 4.79 Å². The number of hydrogen-bond donors (Lipinski definition) is 1. The van der Waals surface area contributed by atoms with Crippen LogP contribution >= 0.6 is 11.6 Å². The number of rotatable bonds is 3. The molecule has 4 nitrogen and oxygen atoms in total. The molecule has 1 N–H and O–H groups in total. The largest absolute Gasteiger partial charge is 0.322 e. The molecule has 1 rings (SSSR count). The summed E-state index contributed by atoms with van der Waals surface area (Å²) in [5.41, 5.74) is 1.35. The standard InChI is InChI=1S/C10H16ClN3O/c1-6(2)5-8(15)12-9-7(3)13-14(4)10(9)11/h6H,5H2,1-4H3,(H,12,15). The first kappa shape index (κ1) is 12.0. The Balaban J connectivity index is 2.76. The zero-order valence-corrected chi connectivity index (χ0v) is 10.2. The van der Waals surface area contributed by atoms with Gasteiger partial charge in [0.25, 0.3) is 0 Å². The molecule has 0 atom stereocenters. The molecule has 0 aliphatic heterocycles. The zero-order chi connectivity index (χ0) is 11.6. The highest BCUT2D eigenvalue weighted by molar-refractivity contribution is 6.32. The van der Waals surface area contributed by atoms with E-state index in [9.17, 15) is 4.79 Å². The minimum atomic E-state index is -0.0250. The van der Waals surface area contributed by atoms with Crippen LogP contribution in [0.4, 0.5) is 5.69 Å². The van der Waals surface area contributed by atoms with Gasteiger partial charge in [-0.2, -0.15) is 5.10 Å². The molecule has 1 aromatic heterocycles. The van der Waals surface area contributed by atoms with Crippen LogP contribution in [0.2, 0.25) is 5.15 Å². The van der Waals surface area contributed by atoms with E-state index in [4.69, 9.17) is 11.6 Å². The summed E-state index contributed by atoms with van der Waals surface area (Å²) in [6.07, 6.45) is 0.491. The van der Waals surface area contributed by atoms with Crippen molar-refractivity contribution in [3.8, 4) is 0 Å². The Morgan fingerprint density at radius 3 is 2.60 bits per heavy atom. The fourth-order valence-corrected chi connectivity index (χ4v) is 1.56. The van der Waals surface area contributed by atoms with Gasteiger partial charge in [0, 0.05) is 13.5 Å². The zero-order valence-electron chi connectivity index (χ0n) is 9.47. The number of carbonyl (C=O) groups is 1. The summed E-state index contributed by atoms with van der Waals surface area (Å²) >= 11 is 5.98. The average Bonchev–Trinajstić information content (AvgIpc) is 2.31. The number of anilines is 1. The van der Waals surface area contributed by atoms with E-state index in [1.165, 1.54) is 0 Å². The molecule has 0 aliphatic carbocycles. The second-order valence-electron chi connectivity index (χ2n) is 4.02. The van der Waals surface area contributed by atoms with E-state index >= 15 is 0 Å². The molecule has 0 spiro atoms. The Morgan fingerprint density at radius 2 is 2.20 bits per heavy atom. The van der Waals surface area contributed by atoms with Crippen molar-refractivity contribution in [1.82, 2.24) is 9.78 Å². The molecule has 5 heteroatoms. The highest BCUT2D eigenvalue weighted by Crippen LogP contribution is 2.24. The van der Waals surface area contributed by atoms with Crippen molar-refractivity contribution in [1.29, 1.82) is 0 Å². The second kappa shape index (κ2) is 4.66. The van der Waals surface area contributed by atoms with Crippen LogP contribution in [0, 0.1) is 12.8 Å². The van der Waals surface area contributed by atoms with Gasteiger partial charge >= 0.3 is 0 Å². The molecular weight excluding hydrogens is 214 g/mol. The summed E-state index contributed by atoms with van der Waals surface area (Å²) in [6, 6.07) is 0. The van der Waals surface area contributed by atoms with Crippen LogP contribution in [0.15, 0.2) is 0 Å². The molecule has 1 heterocycles. The lowest BCUT2D eigenvalue weighted by molar-refractivity contribution is -0.116. The third-order valence-electron chi connectivity index (χ3n) is 2.01. The highest BCUT2D eigenvalue weighted by Gasteiger charge is 2.14. The maximum Gasteiger partial charge on any atom is 0.224 e. The Morgan fingerprint density at radius 1 is 1.60 bits per heavy atom. The van der Waals surface area contributed by atoms with E-state index in [0.717, 1.165) is 5.69 Å². The van der Waals surface area contributed by atoms with Crippen LogP contribution in [0.1, 0.15) is 26.0 Å². The van der Waals surface area contributed by atoms with Crippen LogP contribution < -0.4 is 5.32 Å². The summed E-state index contributed by atoms with van der Waals surface area (Å²) in [7, 11) is 1.74. The number of hydrogen-bond acceptors (Lipinski definition) is 2. The van der Waals surface area contributed by atoms with E-state index < -0.39 is 0 Å². The normalized spacial score (nSPS) is 10.8. The minimum Gasteiger partial charge on any atom is -0.322 e. The van der Waals surface area contributed by atoms with Crippen molar-refractivity contribution in [2.45, 2.75) is 27.2 Å². The first-order valence-electron chi connectivity index (χ1n) is 4.90. The Bertz CT molecular complexity index is 371. The molecule has 1 aromatic rings. The summed E-state index contributed by atoms with van der Waals surface area (Å²) in [6.45, 7) is 5.81. The van der Waals surface area contributed by atoms with E-state index in [1.54, 1.807) is 11.7 Å². The number of nitrogens with zero attached hydrogens (tertiary/aromatic N) is 2. The predicted molar refractivity (Wildman–Crippen MR) is 61.0 cm³/mol. The summed E-state index contributed by atoms with van der Waals surface area (Å²) < 4.78 is 1.54. The summed E-state index contributed by atoms with van der Waals surface area (Å²) in [5, 5.41) is 7.35. The number of carbonyl (C=O) groups excluding carboxylic acids is 1. The molecular formula is C10H16ClN3O. The van der Waals surface area contributed by atoms with Crippen molar-refractivity contribution in [2.24, 2.45) is 13.0 Å². The molecule has 0 saturated heterocycles. The van der Waals surface area contributed by atoms with Crippen LogP contribution in [-0.2, 0) is 11.8 Å². The molecule has 84 valence electrons. The van der Waals surface area contributed by atoms with E-state index in [0.29, 0.717) is 23.2 Å². The summed E-state index contributed by atoms with van der Waals surface area (Å²) in [4.78, 5) is 11.5. The molecule has 0 unspecified atom stereocenters. The molecule has 15 heavy (non-hydrogen) atoms. The number of aryl methyl sites for hydroxylation is 2. The molecule has 0 radical (unpaired) electrons. The van der Waals surface area contributed by atoms with Crippen molar-refractivity contribution >= 4 is 23.2 Å². The molecule has 0 saturated carbocycles. The van der Waals surface area contributed by atoms with Crippen molar-refractivity contribution in [3.63, 3.8) is 0 Å². The Kier molecular flexibility index (Phi) is 3.74. The average molecular weight is 230 g/mol. The van der Waals surface area contributed by atoms with Crippen LogP contribution in [0.5, 0.6) is 0 Å². The first-order valence-corrected chi connectivity index (χ1v) is 5.28. The third kappa shape index (κ3) is 2.96. The maximum atomic E-state index is 11.5. The SMILES string of the molecule is Cc1nn(C)c(Cl)c1NC(=O)CC(C)C. The van der Waals surface area contributed by atoms with Gasteiger partial charge in [0.1, 0.15) is 5.69 Å². The van der Waals surface area contributed by atoms with Gasteiger partial charge < -0.3 is 5.32 Å². The Labute approximate surface area is 94.6 Å². The van der Waals surface area contributed by atoms with Gasteiger partial charge in [-0.3, -0.25) is 9.48 Å². The van der Waals surface area contributed by atoms with Gasteiger partial charge in [0.05, 0.1) is 5.69 Å². The van der Waals surface area contributed by atoms with Gasteiger partial charge in [-0.25, -0.2) is 0 Å². The van der Waals surface area contributed by atoms with Crippen molar-refractivity contribution in [2.75, 3.05) is 5.32 Å². The lowest BCUT2D eigenvalue weighted by Crippen LogP contribution is -2.14. The molecule has 1 amide bonds. The van der Waals surface area contributed by atoms with Gasteiger partial charge in [0.2, 0.25) is 5.91 Å². The lowest BCUT2D eigenvalue weighted by atomic mass is 10.1. The monoisotopic (exact) mass is 229 g/mol. The first-order chi connectivity index (χ1) is 6.91. The number of amides is 1. The molecule has 0 fully saturated rings. The van der Waals surface area contributed by atoms with Crippen molar-refractivity contribution in [3.05, 3.63) is 10.8 Å². The van der Waals surface area contributed by atoms with Crippen LogP contribution in [0.25, 0.3) is 0 Å². The maximum absolute atomic E-state index is 11.5. The number of nitrogens with one attached hydrogen (secondary N) is 1. The molecule has 0 aromatic carbocycles. The van der Waals surface area contributed by atoms with Gasteiger partial charge in [0.15, 0.2) is 5.15 Å². The fraction of sp³-hybridized carbons (Fsp3) is 0.600. The second-order valence-corrected chi connectivity index (χ2v) is 4.38. The van der Waals surface area contributed by atoms with Gasteiger partial charge in [-0.1, -0.05) is 25.4 Å². The number of aromatic nitrogens is 2. The van der Waals surface area contributed by atoms with E-state index in [-0.39, 0.29) is 5.91 Å². The van der Waals surface area contributed by atoms with Gasteiger partial charge in [-0.15, -0.1) is 0 Å². The van der Waals surface area contributed by atoms with Gasteiger partial charge in [-0.05, 0) is 12.8 Å². The molecule has 0 bridgehead atoms. The van der Waals surface area contributed by atoms with Crippen LogP contribution in [0.3, 0.4) is 0 Å². The van der Waals surface area contributed by atoms with Crippen LogP contribution in [-0.4, -0.2) is 15.7 Å². The van der Waals surface area contributed by atoms with E-state index in [1.807, 2.05) is 20.8 Å². The topological polar surface area (TPSA) is 46.9 Å². The number of halogens is 1. The molecule has 0 aliphatic rings. The third-order valence-corrected chi connectivity index (χ3v) is 2.44. The quantitative estimate of drug-likeness (QED) is 0.865. The Hall–Kier alpha value is -1.03. The summed E-state index contributed by atoms with van der Waals surface area (Å²) in [5.74, 6) is 0.309. The minimum absolute atomic E-state index is 0.0250. The predicted octanol–water partition coefficient (Wildman–Crippen LogP) is 2.37. The highest BCUT2D eigenvalue weighted by atomic mass is 35.5. The lowest BCUT2D eigenvalue weighted by Gasteiger charge is -2.06.